The van der Waals surface area contributed by atoms with Crippen LogP contribution in [0.1, 0.15) is 11.1 Å². The van der Waals surface area contributed by atoms with Crippen molar-refractivity contribution >= 4 is 33.8 Å². The minimum absolute atomic E-state index is 0.0804. The first-order valence-electron chi connectivity index (χ1n) is 6.34. The fraction of sp³-hybridized carbons (Fsp3) is 0.0588. The van der Waals surface area contributed by atoms with Crippen molar-refractivity contribution in [3.05, 3.63) is 76.3 Å². The number of hydrogen-bond donors (Lipinski definition) is 0. The van der Waals surface area contributed by atoms with Crippen molar-refractivity contribution in [1.29, 1.82) is 0 Å². The van der Waals surface area contributed by atoms with Crippen LogP contribution in [-0.2, 0) is 20.9 Å². The van der Waals surface area contributed by atoms with Gasteiger partial charge >= 0.3 is 5.97 Å². The van der Waals surface area contributed by atoms with E-state index in [9.17, 15) is 9.59 Å². The molecule has 0 aliphatic heterocycles. The number of benzene rings is 2. The monoisotopic (exact) mass is 344 g/mol. The van der Waals surface area contributed by atoms with Crippen molar-refractivity contribution in [3.8, 4) is 0 Å². The van der Waals surface area contributed by atoms with Crippen LogP contribution in [0.4, 0.5) is 0 Å². The summed E-state index contributed by atoms with van der Waals surface area (Å²) in [5.74, 6) is -1.53. The molecular weight excluding hydrogens is 332 g/mol. The molecule has 0 atom stereocenters. The molecule has 0 aliphatic carbocycles. The maximum Gasteiger partial charge on any atom is 0.379 e. The summed E-state index contributed by atoms with van der Waals surface area (Å²) in [6, 6.07) is 16.6. The van der Waals surface area contributed by atoms with Crippen LogP contribution in [0, 0.1) is 0 Å². The molecule has 0 radical (unpaired) electrons. The normalized spacial score (nSPS) is 10.5. The molecule has 2 aromatic carbocycles. The number of esters is 1. The highest BCUT2D eigenvalue weighted by Crippen LogP contribution is 2.11. The van der Waals surface area contributed by atoms with Crippen molar-refractivity contribution < 1.29 is 14.3 Å². The maximum atomic E-state index is 11.6. The van der Waals surface area contributed by atoms with Gasteiger partial charge in [-0.3, -0.25) is 4.79 Å². The van der Waals surface area contributed by atoms with Crippen LogP contribution in [0.25, 0.3) is 6.08 Å². The Labute approximate surface area is 131 Å². The van der Waals surface area contributed by atoms with Crippen LogP contribution in [0.5, 0.6) is 0 Å². The van der Waals surface area contributed by atoms with Crippen LogP contribution in [0.15, 0.2) is 65.1 Å². The lowest BCUT2D eigenvalue weighted by molar-refractivity contribution is -0.152. The SMILES string of the molecule is O=C(/C=C/c1ccccc1)C(=O)OCc1ccc(Br)cc1. The lowest BCUT2D eigenvalue weighted by Gasteiger charge is -2.02. The van der Waals surface area contributed by atoms with Crippen LogP contribution >= 0.6 is 15.9 Å². The smallest absolute Gasteiger partial charge is 0.379 e. The molecule has 3 nitrogen and oxygen atoms in total. The van der Waals surface area contributed by atoms with Gasteiger partial charge in [0.25, 0.3) is 5.78 Å². The second-order valence-electron chi connectivity index (χ2n) is 4.31. The van der Waals surface area contributed by atoms with Crippen molar-refractivity contribution in [2.24, 2.45) is 0 Å². The van der Waals surface area contributed by atoms with Gasteiger partial charge in [0.1, 0.15) is 6.61 Å². The number of hydrogen-bond acceptors (Lipinski definition) is 3. The summed E-state index contributed by atoms with van der Waals surface area (Å²) in [6.07, 6.45) is 2.81. The Morgan fingerprint density at radius 3 is 2.33 bits per heavy atom. The van der Waals surface area contributed by atoms with Crippen LogP contribution in [-0.4, -0.2) is 11.8 Å². The molecule has 0 saturated heterocycles. The van der Waals surface area contributed by atoms with E-state index in [0.717, 1.165) is 15.6 Å². The number of ether oxygens (including phenoxy) is 1. The molecule has 0 bridgehead atoms. The third-order valence-corrected chi connectivity index (χ3v) is 3.24. The number of carbonyl (C=O) groups excluding carboxylic acids is 2. The lowest BCUT2D eigenvalue weighted by Crippen LogP contribution is -2.14. The Bertz CT molecular complexity index is 645. The molecule has 0 heterocycles. The van der Waals surface area contributed by atoms with Crippen LogP contribution < -0.4 is 0 Å². The molecule has 0 saturated carbocycles. The highest BCUT2D eigenvalue weighted by Gasteiger charge is 2.11. The van der Waals surface area contributed by atoms with Gasteiger partial charge in [-0.2, -0.15) is 0 Å². The fourth-order valence-electron chi connectivity index (χ4n) is 1.60. The Kier molecular flexibility index (Phi) is 5.46. The third kappa shape index (κ3) is 5.00. The van der Waals surface area contributed by atoms with E-state index in [-0.39, 0.29) is 6.61 Å². The first-order chi connectivity index (χ1) is 10.1. The summed E-state index contributed by atoms with van der Waals surface area (Å²) in [5, 5.41) is 0. The van der Waals surface area contributed by atoms with E-state index in [4.69, 9.17) is 4.74 Å². The minimum Gasteiger partial charge on any atom is -0.455 e. The van der Waals surface area contributed by atoms with Crippen molar-refractivity contribution in [1.82, 2.24) is 0 Å². The topological polar surface area (TPSA) is 43.4 Å². The summed E-state index contributed by atoms with van der Waals surface area (Å²) in [4.78, 5) is 23.2. The Hall–Kier alpha value is -2.20. The van der Waals surface area contributed by atoms with Gasteiger partial charge in [-0.25, -0.2) is 4.79 Å². The quantitative estimate of drug-likeness (QED) is 0.471. The second-order valence-corrected chi connectivity index (χ2v) is 5.23. The van der Waals surface area contributed by atoms with Crippen molar-refractivity contribution in [2.75, 3.05) is 0 Å². The summed E-state index contributed by atoms with van der Waals surface area (Å²) in [6.45, 7) is 0.0804. The largest absolute Gasteiger partial charge is 0.455 e. The molecule has 4 heteroatoms. The summed E-state index contributed by atoms with van der Waals surface area (Å²) in [5.41, 5.74) is 1.68. The summed E-state index contributed by atoms with van der Waals surface area (Å²) >= 11 is 3.32. The van der Waals surface area contributed by atoms with Crippen LogP contribution in [0.3, 0.4) is 0 Å². The first kappa shape index (κ1) is 15.2. The lowest BCUT2D eigenvalue weighted by atomic mass is 10.2. The van der Waals surface area contributed by atoms with E-state index in [0.29, 0.717) is 0 Å². The standard InChI is InChI=1S/C17H13BrO3/c18-15-9-6-14(7-10-15)12-21-17(20)16(19)11-8-13-4-2-1-3-5-13/h1-11H,12H2/b11-8+. The highest BCUT2D eigenvalue weighted by atomic mass is 79.9. The molecule has 2 rings (SSSR count). The summed E-state index contributed by atoms with van der Waals surface area (Å²) < 4.78 is 5.91. The zero-order valence-electron chi connectivity index (χ0n) is 11.2. The number of ketones is 1. The van der Waals surface area contributed by atoms with E-state index in [2.05, 4.69) is 15.9 Å². The van der Waals surface area contributed by atoms with E-state index < -0.39 is 11.8 Å². The van der Waals surface area contributed by atoms with E-state index in [1.54, 1.807) is 6.08 Å². The van der Waals surface area contributed by atoms with Crippen LogP contribution in [0.2, 0.25) is 0 Å². The van der Waals surface area contributed by atoms with Gasteiger partial charge in [0.2, 0.25) is 0 Å². The van der Waals surface area contributed by atoms with Gasteiger partial charge < -0.3 is 4.74 Å². The zero-order chi connectivity index (χ0) is 15.1. The van der Waals surface area contributed by atoms with E-state index in [1.165, 1.54) is 6.08 Å². The van der Waals surface area contributed by atoms with E-state index >= 15 is 0 Å². The first-order valence-corrected chi connectivity index (χ1v) is 7.13. The van der Waals surface area contributed by atoms with Gasteiger partial charge in [0, 0.05) is 4.47 Å². The van der Waals surface area contributed by atoms with Crippen molar-refractivity contribution in [2.45, 2.75) is 6.61 Å². The number of rotatable bonds is 5. The zero-order valence-corrected chi connectivity index (χ0v) is 12.7. The van der Waals surface area contributed by atoms with Crippen molar-refractivity contribution in [3.63, 3.8) is 0 Å². The predicted molar refractivity (Wildman–Crippen MR) is 84.4 cm³/mol. The molecule has 0 amide bonds. The molecular formula is C17H13BrO3. The molecule has 0 aromatic heterocycles. The molecule has 0 N–H and O–H groups in total. The molecule has 0 fully saturated rings. The van der Waals surface area contributed by atoms with Gasteiger partial charge in [0.15, 0.2) is 0 Å². The minimum atomic E-state index is -0.856. The average molecular weight is 345 g/mol. The molecule has 0 spiro atoms. The highest BCUT2D eigenvalue weighted by molar-refractivity contribution is 9.10. The number of carbonyl (C=O) groups is 2. The Morgan fingerprint density at radius 1 is 1.00 bits per heavy atom. The maximum absolute atomic E-state index is 11.6. The molecule has 0 unspecified atom stereocenters. The average Bonchev–Trinajstić information content (AvgIpc) is 2.52. The fourth-order valence-corrected chi connectivity index (χ4v) is 1.87. The predicted octanol–water partition coefficient (Wildman–Crippen LogP) is 3.77. The molecule has 2 aromatic rings. The Balaban J connectivity index is 1.87. The number of halogens is 1. The van der Waals surface area contributed by atoms with Gasteiger partial charge in [0.05, 0.1) is 0 Å². The van der Waals surface area contributed by atoms with Gasteiger partial charge in [-0.15, -0.1) is 0 Å². The van der Waals surface area contributed by atoms with E-state index in [1.807, 2.05) is 54.6 Å². The second kappa shape index (κ2) is 7.55. The summed E-state index contributed by atoms with van der Waals surface area (Å²) in [7, 11) is 0. The van der Waals surface area contributed by atoms with Gasteiger partial charge in [-0.1, -0.05) is 64.5 Å². The third-order valence-electron chi connectivity index (χ3n) is 2.71. The molecule has 21 heavy (non-hydrogen) atoms. The molecule has 106 valence electrons. The van der Waals surface area contributed by atoms with Gasteiger partial charge in [-0.05, 0) is 29.3 Å². The molecule has 0 aliphatic rings. The Morgan fingerprint density at radius 2 is 1.67 bits per heavy atom.